The number of nitrogens with one attached hydrogen (secondary N) is 1. The average molecular weight is 327 g/mol. The van der Waals surface area contributed by atoms with Crippen LogP contribution in [-0.2, 0) is 0 Å². The van der Waals surface area contributed by atoms with E-state index < -0.39 is 0 Å². The zero-order valence-corrected chi connectivity index (χ0v) is 12.7. The fourth-order valence-corrected chi connectivity index (χ4v) is 3.01. The molecule has 2 rings (SSSR count). The van der Waals surface area contributed by atoms with Crippen molar-refractivity contribution in [1.29, 1.82) is 0 Å². The molecule has 0 aliphatic rings. The van der Waals surface area contributed by atoms with E-state index in [1.54, 1.807) is 17.5 Å². The third-order valence-corrected chi connectivity index (χ3v) is 4.24. The number of hydrogen-bond acceptors (Lipinski definition) is 4. The summed E-state index contributed by atoms with van der Waals surface area (Å²) in [5, 5.41) is 3.41. The van der Waals surface area contributed by atoms with Gasteiger partial charge in [0.1, 0.15) is 0 Å². The zero-order chi connectivity index (χ0) is 13.0. The third kappa shape index (κ3) is 3.46. The molecule has 0 spiro atoms. The highest BCUT2D eigenvalue weighted by atomic mass is 79.9. The number of ether oxygens (including phenoxy) is 1. The quantitative estimate of drug-likeness (QED) is 0.879. The van der Waals surface area contributed by atoms with Gasteiger partial charge in [0, 0.05) is 10.9 Å². The van der Waals surface area contributed by atoms with Gasteiger partial charge in [-0.15, -0.1) is 11.3 Å². The van der Waals surface area contributed by atoms with E-state index in [-0.39, 0.29) is 6.04 Å². The number of nitrogens with zero attached hydrogens (tertiary/aromatic N) is 1. The highest BCUT2D eigenvalue weighted by molar-refractivity contribution is 9.11. The fraction of sp³-hybridized carbons (Fsp3) is 0.308. The maximum atomic E-state index is 5.31. The molecular formula is C13H15BrN2OS. The van der Waals surface area contributed by atoms with Crippen LogP contribution in [0.1, 0.15) is 24.8 Å². The second-order valence-electron chi connectivity index (χ2n) is 3.83. The smallest absolute Gasteiger partial charge is 0.213 e. The molecule has 0 aliphatic heterocycles. The first kappa shape index (κ1) is 13.4. The van der Waals surface area contributed by atoms with Gasteiger partial charge >= 0.3 is 0 Å². The standard InChI is InChI=1S/C13H15BrN2OS/c1-3-17-13-7-4-10(8-15-13)16-9(2)11-5-6-12(14)18-11/h4-9,16H,3H2,1-2H3. The molecule has 1 unspecified atom stereocenters. The van der Waals surface area contributed by atoms with Gasteiger partial charge in [-0.2, -0.15) is 0 Å². The number of thiophene rings is 1. The predicted molar refractivity (Wildman–Crippen MR) is 79.5 cm³/mol. The van der Waals surface area contributed by atoms with Gasteiger partial charge in [-0.3, -0.25) is 0 Å². The highest BCUT2D eigenvalue weighted by Gasteiger charge is 2.08. The van der Waals surface area contributed by atoms with Crippen LogP contribution in [-0.4, -0.2) is 11.6 Å². The number of aromatic nitrogens is 1. The van der Waals surface area contributed by atoms with Crippen LogP contribution in [0.4, 0.5) is 5.69 Å². The lowest BCUT2D eigenvalue weighted by Crippen LogP contribution is -2.05. The summed E-state index contributed by atoms with van der Waals surface area (Å²) in [6.45, 7) is 4.72. The van der Waals surface area contributed by atoms with Gasteiger partial charge in [-0.1, -0.05) is 0 Å². The van der Waals surface area contributed by atoms with Gasteiger partial charge in [-0.25, -0.2) is 4.98 Å². The molecule has 18 heavy (non-hydrogen) atoms. The summed E-state index contributed by atoms with van der Waals surface area (Å²) in [6.07, 6.45) is 1.80. The molecule has 0 saturated carbocycles. The van der Waals surface area contributed by atoms with E-state index in [1.165, 1.54) is 4.88 Å². The van der Waals surface area contributed by atoms with Crippen molar-refractivity contribution < 1.29 is 4.74 Å². The maximum Gasteiger partial charge on any atom is 0.213 e. The molecule has 0 saturated heterocycles. The lowest BCUT2D eigenvalue weighted by molar-refractivity contribution is 0.327. The fourth-order valence-electron chi connectivity index (χ4n) is 1.58. The van der Waals surface area contributed by atoms with Gasteiger partial charge in [0.05, 0.1) is 28.3 Å². The van der Waals surface area contributed by atoms with Crippen molar-refractivity contribution in [1.82, 2.24) is 4.98 Å². The molecule has 2 heterocycles. The lowest BCUT2D eigenvalue weighted by atomic mass is 10.2. The SMILES string of the molecule is CCOc1ccc(NC(C)c2ccc(Br)s2)cn1. The Kier molecular flexibility index (Phi) is 4.60. The summed E-state index contributed by atoms with van der Waals surface area (Å²) in [7, 11) is 0. The Morgan fingerprint density at radius 1 is 1.39 bits per heavy atom. The van der Waals surface area contributed by atoms with E-state index in [0.29, 0.717) is 12.5 Å². The van der Waals surface area contributed by atoms with Gasteiger partial charge in [-0.05, 0) is 48.0 Å². The van der Waals surface area contributed by atoms with E-state index in [1.807, 2.05) is 19.1 Å². The molecule has 1 N–H and O–H groups in total. The largest absolute Gasteiger partial charge is 0.478 e. The molecule has 0 amide bonds. The summed E-state index contributed by atoms with van der Waals surface area (Å²) < 4.78 is 6.46. The topological polar surface area (TPSA) is 34.1 Å². The van der Waals surface area contributed by atoms with Crippen LogP contribution in [0.15, 0.2) is 34.2 Å². The lowest BCUT2D eigenvalue weighted by Gasteiger charge is -2.13. The van der Waals surface area contributed by atoms with Crippen LogP contribution >= 0.6 is 27.3 Å². The molecular weight excluding hydrogens is 312 g/mol. The van der Waals surface area contributed by atoms with Crippen molar-refractivity contribution in [3.05, 3.63) is 39.1 Å². The van der Waals surface area contributed by atoms with Gasteiger partial charge in [0.2, 0.25) is 5.88 Å². The van der Waals surface area contributed by atoms with Crippen molar-refractivity contribution in [2.45, 2.75) is 19.9 Å². The third-order valence-electron chi connectivity index (χ3n) is 2.43. The number of hydrogen-bond donors (Lipinski definition) is 1. The Labute approximate surface area is 119 Å². The van der Waals surface area contributed by atoms with E-state index in [0.717, 1.165) is 9.47 Å². The maximum absolute atomic E-state index is 5.31. The van der Waals surface area contributed by atoms with Gasteiger partial charge < -0.3 is 10.1 Å². The Bertz CT molecular complexity index is 498. The van der Waals surface area contributed by atoms with Gasteiger partial charge in [0.15, 0.2) is 0 Å². The van der Waals surface area contributed by atoms with Crippen LogP contribution in [0.25, 0.3) is 0 Å². The first-order chi connectivity index (χ1) is 8.69. The molecule has 1 atom stereocenters. The Balaban J connectivity index is 2.00. The van der Waals surface area contributed by atoms with Crippen LogP contribution in [0.5, 0.6) is 5.88 Å². The minimum absolute atomic E-state index is 0.265. The number of pyridine rings is 1. The van der Waals surface area contributed by atoms with Gasteiger partial charge in [0.25, 0.3) is 0 Å². The average Bonchev–Trinajstić information content (AvgIpc) is 2.79. The molecule has 3 nitrogen and oxygen atoms in total. The van der Waals surface area contributed by atoms with E-state index in [4.69, 9.17) is 4.74 Å². The molecule has 0 fully saturated rings. The summed E-state index contributed by atoms with van der Waals surface area (Å²) >= 11 is 5.21. The molecule has 2 aromatic rings. The first-order valence-electron chi connectivity index (χ1n) is 5.79. The Morgan fingerprint density at radius 3 is 2.78 bits per heavy atom. The second-order valence-corrected chi connectivity index (χ2v) is 6.32. The summed E-state index contributed by atoms with van der Waals surface area (Å²) in [4.78, 5) is 5.52. The Hall–Kier alpha value is -1.07. The molecule has 2 aromatic heterocycles. The van der Waals surface area contributed by atoms with Crippen molar-refractivity contribution >= 4 is 33.0 Å². The van der Waals surface area contributed by atoms with E-state index in [2.05, 4.69) is 45.3 Å². The zero-order valence-electron chi connectivity index (χ0n) is 10.3. The summed E-state index contributed by atoms with van der Waals surface area (Å²) in [5.74, 6) is 0.662. The van der Waals surface area contributed by atoms with Crippen molar-refractivity contribution in [2.24, 2.45) is 0 Å². The van der Waals surface area contributed by atoms with Crippen LogP contribution < -0.4 is 10.1 Å². The van der Waals surface area contributed by atoms with Crippen LogP contribution in [0.3, 0.4) is 0 Å². The minimum Gasteiger partial charge on any atom is -0.478 e. The Morgan fingerprint density at radius 2 is 2.22 bits per heavy atom. The molecule has 0 aliphatic carbocycles. The van der Waals surface area contributed by atoms with Crippen molar-refractivity contribution in [2.75, 3.05) is 11.9 Å². The van der Waals surface area contributed by atoms with Crippen molar-refractivity contribution in [3.8, 4) is 5.88 Å². The second kappa shape index (κ2) is 6.20. The summed E-state index contributed by atoms with van der Waals surface area (Å²) in [5.41, 5.74) is 0.996. The molecule has 0 bridgehead atoms. The van der Waals surface area contributed by atoms with E-state index >= 15 is 0 Å². The monoisotopic (exact) mass is 326 g/mol. The van der Waals surface area contributed by atoms with E-state index in [9.17, 15) is 0 Å². The van der Waals surface area contributed by atoms with Crippen molar-refractivity contribution in [3.63, 3.8) is 0 Å². The highest BCUT2D eigenvalue weighted by Crippen LogP contribution is 2.29. The predicted octanol–water partition coefficient (Wildman–Crippen LogP) is 4.48. The molecule has 0 radical (unpaired) electrons. The molecule has 5 heteroatoms. The molecule has 0 aromatic carbocycles. The number of rotatable bonds is 5. The van der Waals surface area contributed by atoms with Crippen LogP contribution in [0.2, 0.25) is 0 Å². The summed E-state index contributed by atoms with van der Waals surface area (Å²) in [6, 6.07) is 8.31. The number of halogens is 1. The molecule has 96 valence electrons. The normalized spacial score (nSPS) is 12.2. The minimum atomic E-state index is 0.265. The first-order valence-corrected chi connectivity index (χ1v) is 7.40. The number of anilines is 1. The van der Waals surface area contributed by atoms with Crippen LogP contribution in [0, 0.1) is 0 Å².